The third-order valence-corrected chi connectivity index (χ3v) is 6.15. The van der Waals surface area contributed by atoms with Gasteiger partial charge in [-0.15, -0.1) is 0 Å². The number of carbonyl (C=O) groups is 3. The number of methoxy groups -OCH3 is 1. The number of rotatable bonds is 5. The molecule has 0 saturated carbocycles. The second-order valence-electron chi connectivity index (χ2n) is 5.88. The van der Waals surface area contributed by atoms with E-state index >= 15 is 0 Å². The molecule has 1 fully saturated rings. The van der Waals surface area contributed by atoms with Crippen molar-refractivity contribution in [3.8, 4) is 5.75 Å². The maximum Gasteiger partial charge on any atom is 0.294 e. The minimum atomic E-state index is -3.31. The summed E-state index contributed by atoms with van der Waals surface area (Å²) in [6, 6.07) is 6.33. The Hall–Kier alpha value is -2.59. The van der Waals surface area contributed by atoms with E-state index in [0.29, 0.717) is 11.3 Å². The molecule has 1 unspecified atom stereocenters. The molecule has 27 heavy (non-hydrogen) atoms. The first kappa shape index (κ1) is 19.2. The topological polar surface area (TPSA) is 110 Å². The molecule has 0 aliphatic carbocycles. The third-order valence-electron chi connectivity index (χ3n) is 3.84. The summed E-state index contributed by atoms with van der Waals surface area (Å²) < 4.78 is 27.8. The zero-order chi connectivity index (χ0) is 19.6. The molecule has 1 aromatic rings. The van der Waals surface area contributed by atoms with Crippen LogP contribution in [0.15, 0.2) is 40.7 Å². The van der Waals surface area contributed by atoms with E-state index in [0.717, 1.165) is 22.1 Å². The van der Waals surface area contributed by atoms with Gasteiger partial charge in [-0.3, -0.25) is 19.3 Å². The van der Waals surface area contributed by atoms with Crippen LogP contribution < -0.4 is 10.1 Å². The first-order valence-corrected chi connectivity index (χ1v) is 10.4. The number of imide groups is 1. The van der Waals surface area contributed by atoms with Crippen LogP contribution in [0.2, 0.25) is 0 Å². The molecular formula is C17H16N2O6S2. The highest BCUT2D eigenvalue weighted by molar-refractivity contribution is 8.18. The zero-order valence-electron chi connectivity index (χ0n) is 14.2. The summed E-state index contributed by atoms with van der Waals surface area (Å²) in [6.45, 7) is -0.468. The molecule has 0 aromatic heterocycles. The van der Waals surface area contributed by atoms with Crippen LogP contribution >= 0.6 is 11.8 Å². The lowest BCUT2D eigenvalue weighted by atomic mass is 10.2. The first-order valence-electron chi connectivity index (χ1n) is 7.87. The lowest BCUT2D eigenvalue weighted by Gasteiger charge is -2.14. The molecule has 10 heteroatoms. The van der Waals surface area contributed by atoms with Gasteiger partial charge in [0.05, 0.1) is 23.8 Å². The number of ether oxygens (including phenoxy) is 1. The Morgan fingerprint density at radius 1 is 1.41 bits per heavy atom. The van der Waals surface area contributed by atoms with Gasteiger partial charge in [0.25, 0.3) is 11.1 Å². The van der Waals surface area contributed by atoms with Crippen LogP contribution in [0.5, 0.6) is 5.75 Å². The van der Waals surface area contributed by atoms with Crippen LogP contribution in [-0.2, 0) is 19.4 Å². The molecule has 0 bridgehead atoms. The Morgan fingerprint density at radius 3 is 2.85 bits per heavy atom. The highest BCUT2D eigenvalue weighted by Gasteiger charge is 2.36. The summed E-state index contributed by atoms with van der Waals surface area (Å²) in [5.74, 6) is -0.790. The van der Waals surface area contributed by atoms with Gasteiger partial charge in [0.2, 0.25) is 5.91 Å². The van der Waals surface area contributed by atoms with Gasteiger partial charge >= 0.3 is 0 Å². The molecule has 142 valence electrons. The van der Waals surface area contributed by atoms with Gasteiger partial charge in [0, 0.05) is 5.41 Å². The van der Waals surface area contributed by atoms with Crippen molar-refractivity contribution in [2.24, 2.45) is 0 Å². The van der Waals surface area contributed by atoms with E-state index in [4.69, 9.17) is 4.74 Å². The molecule has 1 atom stereocenters. The van der Waals surface area contributed by atoms with Crippen LogP contribution in [0.1, 0.15) is 5.56 Å². The summed E-state index contributed by atoms with van der Waals surface area (Å²) in [7, 11) is -1.78. The highest BCUT2D eigenvalue weighted by atomic mass is 32.2. The number of nitrogens with one attached hydrogen (secondary N) is 1. The van der Waals surface area contributed by atoms with Crippen LogP contribution in [-0.4, -0.2) is 55.8 Å². The minimum Gasteiger partial charge on any atom is -0.497 e. The molecule has 1 aromatic carbocycles. The molecule has 3 amide bonds. The van der Waals surface area contributed by atoms with E-state index in [1.807, 2.05) is 0 Å². The van der Waals surface area contributed by atoms with E-state index in [-0.39, 0.29) is 10.7 Å². The van der Waals surface area contributed by atoms with Crippen molar-refractivity contribution in [3.05, 3.63) is 46.2 Å². The molecule has 2 heterocycles. The molecule has 3 rings (SSSR count). The third kappa shape index (κ3) is 4.58. The minimum absolute atomic E-state index is 0.199. The van der Waals surface area contributed by atoms with Crippen LogP contribution in [0.3, 0.4) is 0 Å². The fourth-order valence-corrected chi connectivity index (χ4v) is 4.65. The number of benzene rings is 1. The fourth-order valence-electron chi connectivity index (χ4n) is 2.58. The van der Waals surface area contributed by atoms with Gasteiger partial charge in [-0.05, 0) is 41.6 Å². The van der Waals surface area contributed by atoms with Gasteiger partial charge in [0.15, 0.2) is 9.84 Å². The number of amides is 3. The lowest BCUT2D eigenvalue weighted by Crippen LogP contribution is -2.43. The number of sulfone groups is 1. The van der Waals surface area contributed by atoms with Crippen molar-refractivity contribution < 1.29 is 27.5 Å². The van der Waals surface area contributed by atoms with Gasteiger partial charge in [-0.25, -0.2) is 8.42 Å². The Kier molecular flexibility index (Phi) is 5.38. The second kappa shape index (κ2) is 7.57. The molecule has 0 spiro atoms. The van der Waals surface area contributed by atoms with Crippen molar-refractivity contribution in [3.63, 3.8) is 0 Å². The van der Waals surface area contributed by atoms with E-state index in [1.54, 1.807) is 30.3 Å². The van der Waals surface area contributed by atoms with Crippen molar-refractivity contribution in [2.45, 2.75) is 6.04 Å². The van der Waals surface area contributed by atoms with E-state index in [9.17, 15) is 22.8 Å². The van der Waals surface area contributed by atoms with Gasteiger partial charge in [0.1, 0.15) is 12.3 Å². The standard InChI is InChI=1S/C17H16N2O6S2/c1-25-13-4-2-3-11(7-13)8-14-16(21)19(17(22)26-14)9-15(20)18-12-5-6-27(23,24)10-12/h2-8,12H,9-10H2,1H3,(H,18,20). The van der Waals surface area contributed by atoms with Gasteiger partial charge in [-0.1, -0.05) is 12.1 Å². The summed E-state index contributed by atoms with van der Waals surface area (Å²) in [4.78, 5) is 37.6. The molecule has 1 saturated heterocycles. The number of thioether (sulfide) groups is 1. The Morgan fingerprint density at radius 2 is 2.19 bits per heavy atom. The fraction of sp³-hybridized carbons (Fsp3) is 0.235. The average molecular weight is 408 g/mol. The van der Waals surface area contributed by atoms with Crippen molar-refractivity contribution in [2.75, 3.05) is 19.4 Å². The number of hydrogen-bond acceptors (Lipinski definition) is 7. The van der Waals surface area contributed by atoms with E-state index in [1.165, 1.54) is 13.2 Å². The molecule has 2 aliphatic heterocycles. The zero-order valence-corrected chi connectivity index (χ0v) is 15.9. The SMILES string of the molecule is COc1cccc(C=C2SC(=O)N(CC(=O)NC3C=CS(=O)(=O)C3)C2=O)c1. The van der Waals surface area contributed by atoms with Crippen LogP contribution in [0.4, 0.5) is 4.79 Å². The molecule has 8 nitrogen and oxygen atoms in total. The number of carbonyl (C=O) groups excluding carboxylic acids is 3. The highest BCUT2D eigenvalue weighted by Crippen LogP contribution is 2.32. The summed E-state index contributed by atoms with van der Waals surface area (Å²) in [5.41, 5.74) is 0.686. The van der Waals surface area contributed by atoms with Gasteiger partial charge < -0.3 is 10.1 Å². The van der Waals surface area contributed by atoms with Crippen molar-refractivity contribution in [1.82, 2.24) is 10.2 Å². The van der Waals surface area contributed by atoms with Crippen molar-refractivity contribution in [1.29, 1.82) is 0 Å². The first-order chi connectivity index (χ1) is 12.8. The van der Waals surface area contributed by atoms with E-state index in [2.05, 4.69) is 5.32 Å². The Labute approximate surface area is 160 Å². The number of hydrogen-bond donors (Lipinski definition) is 1. The van der Waals surface area contributed by atoms with Crippen LogP contribution in [0, 0.1) is 0 Å². The van der Waals surface area contributed by atoms with Crippen LogP contribution in [0.25, 0.3) is 6.08 Å². The predicted octanol–water partition coefficient (Wildman–Crippen LogP) is 1.16. The lowest BCUT2D eigenvalue weighted by molar-refractivity contribution is -0.129. The molecule has 0 radical (unpaired) electrons. The smallest absolute Gasteiger partial charge is 0.294 e. The summed E-state index contributed by atoms with van der Waals surface area (Å²) in [6.07, 6.45) is 2.92. The quantitative estimate of drug-likeness (QED) is 0.728. The maximum atomic E-state index is 12.4. The Bertz CT molecular complexity index is 967. The maximum absolute atomic E-state index is 12.4. The van der Waals surface area contributed by atoms with Gasteiger partial charge in [-0.2, -0.15) is 0 Å². The molecule has 2 aliphatic rings. The monoisotopic (exact) mass is 408 g/mol. The predicted molar refractivity (Wildman–Crippen MR) is 101 cm³/mol. The average Bonchev–Trinajstić information content (AvgIpc) is 3.08. The second-order valence-corrected chi connectivity index (χ2v) is 8.80. The molecule has 1 N–H and O–H groups in total. The normalized spacial score (nSPS) is 22.5. The Balaban J connectivity index is 1.66. The largest absolute Gasteiger partial charge is 0.497 e. The van der Waals surface area contributed by atoms with Crippen molar-refractivity contribution >= 4 is 44.7 Å². The van der Waals surface area contributed by atoms with E-state index < -0.39 is 39.5 Å². The summed E-state index contributed by atoms with van der Waals surface area (Å²) >= 11 is 0.742. The number of nitrogens with zero attached hydrogens (tertiary/aromatic N) is 1. The summed E-state index contributed by atoms with van der Waals surface area (Å²) in [5, 5.41) is 2.97. The molecular weight excluding hydrogens is 392 g/mol.